The van der Waals surface area contributed by atoms with Gasteiger partial charge in [-0.15, -0.1) is 6.58 Å². The Bertz CT molecular complexity index is 712. The van der Waals surface area contributed by atoms with Crippen molar-refractivity contribution in [1.29, 1.82) is 0 Å². The number of benzene rings is 2. The minimum absolute atomic E-state index is 0.439. The van der Waals surface area contributed by atoms with Gasteiger partial charge in [-0.2, -0.15) is 0 Å². The molecule has 1 N–H and O–H groups in total. The van der Waals surface area contributed by atoms with Gasteiger partial charge in [-0.25, -0.2) is 0 Å². The van der Waals surface area contributed by atoms with E-state index in [4.69, 9.17) is 14.2 Å². The monoisotopic (exact) mass is 380 g/mol. The van der Waals surface area contributed by atoms with Crippen LogP contribution >= 0.6 is 15.9 Å². The van der Waals surface area contributed by atoms with Gasteiger partial charge in [0.1, 0.15) is 17.2 Å². The van der Waals surface area contributed by atoms with Gasteiger partial charge < -0.3 is 19.3 Å². The van der Waals surface area contributed by atoms with Crippen LogP contribution in [0.1, 0.15) is 12.0 Å². The molecule has 0 saturated heterocycles. The first kappa shape index (κ1) is 17.6. The van der Waals surface area contributed by atoms with Crippen LogP contribution in [0.4, 0.5) is 0 Å². The van der Waals surface area contributed by atoms with Crippen molar-refractivity contribution in [3.05, 3.63) is 40.9 Å². The lowest BCUT2D eigenvalue weighted by atomic mass is 9.98. The van der Waals surface area contributed by atoms with E-state index >= 15 is 0 Å². The van der Waals surface area contributed by atoms with E-state index in [9.17, 15) is 5.11 Å². The first-order chi connectivity index (χ1) is 11.1. The van der Waals surface area contributed by atoms with Crippen molar-refractivity contribution in [2.45, 2.75) is 18.9 Å². The Kier molecular flexibility index (Phi) is 5.91. The fraction of sp³-hybridized carbons (Fsp3) is 0.333. The van der Waals surface area contributed by atoms with Gasteiger partial charge >= 0.3 is 0 Å². The highest BCUT2D eigenvalue weighted by molar-refractivity contribution is 9.10. The van der Waals surface area contributed by atoms with E-state index in [0.29, 0.717) is 18.6 Å². The van der Waals surface area contributed by atoms with Gasteiger partial charge in [-0.1, -0.05) is 6.08 Å². The smallest absolute Gasteiger partial charge is 0.141 e. The second kappa shape index (κ2) is 7.70. The summed E-state index contributed by atoms with van der Waals surface area (Å²) in [6.07, 6.45) is 2.12. The standard InChI is InChI=1S/C18H21BrO4/c1-5-6-11(20)9-15-16(19)18(23-4)14-10-12(21-2)7-8-13(14)17(15)22-3/h5,7-8,10-11,20H,1,6,9H2,2-4H3/t11-/m1/s1. The van der Waals surface area contributed by atoms with Crippen molar-refractivity contribution in [3.63, 3.8) is 0 Å². The molecule has 0 radical (unpaired) electrons. The average molecular weight is 381 g/mol. The molecule has 0 aliphatic carbocycles. The van der Waals surface area contributed by atoms with Crippen LogP contribution in [-0.2, 0) is 6.42 Å². The fourth-order valence-corrected chi connectivity index (χ4v) is 3.40. The topological polar surface area (TPSA) is 47.9 Å². The summed E-state index contributed by atoms with van der Waals surface area (Å²) in [4.78, 5) is 0. The lowest BCUT2D eigenvalue weighted by molar-refractivity contribution is 0.177. The molecule has 2 rings (SSSR count). The summed E-state index contributed by atoms with van der Waals surface area (Å²) in [5.74, 6) is 2.16. The van der Waals surface area contributed by atoms with Gasteiger partial charge in [-0.05, 0) is 40.5 Å². The molecule has 0 fully saturated rings. The van der Waals surface area contributed by atoms with E-state index in [1.165, 1.54) is 0 Å². The van der Waals surface area contributed by atoms with Gasteiger partial charge in [-0.3, -0.25) is 0 Å². The SMILES string of the molecule is C=CC[C@@H](O)Cc1c(Br)c(OC)c2cc(OC)ccc2c1OC. The van der Waals surface area contributed by atoms with E-state index in [-0.39, 0.29) is 0 Å². The van der Waals surface area contributed by atoms with Crippen LogP contribution in [0.15, 0.2) is 35.3 Å². The van der Waals surface area contributed by atoms with Crippen LogP contribution in [0.2, 0.25) is 0 Å². The normalized spacial score (nSPS) is 12.0. The Labute approximate surface area is 144 Å². The van der Waals surface area contributed by atoms with Crippen molar-refractivity contribution in [2.24, 2.45) is 0 Å². The molecule has 4 nitrogen and oxygen atoms in total. The lowest BCUT2D eigenvalue weighted by Gasteiger charge is -2.20. The Morgan fingerprint density at radius 2 is 1.83 bits per heavy atom. The average Bonchev–Trinajstić information content (AvgIpc) is 2.55. The molecule has 5 heteroatoms. The molecule has 0 unspecified atom stereocenters. The van der Waals surface area contributed by atoms with Crippen molar-refractivity contribution in [2.75, 3.05) is 21.3 Å². The van der Waals surface area contributed by atoms with E-state index in [2.05, 4.69) is 22.5 Å². The first-order valence-corrected chi connectivity index (χ1v) is 8.05. The van der Waals surface area contributed by atoms with Crippen LogP contribution in [0.3, 0.4) is 0 Å². The summed E-state index contributed by atoms with van der Waals surface area (Å²) in [5.41, 5.74) is 0.872. The zero-order valence-electron chi connectivity index (χ0n) is 13.6. The fourth-order valence-electron chi connectivity index (χ4n) is 2.68. The molecule has 0 saturated carbocycles. The zero-order chi connectivity index (χ0) is 17.0. The maximum atomic E-state index is 10.2. The second-order valence-electron chi connectivity index (χ2n) is 5.15. The number of rotatable bonds is 7. The summed E-state index contributed by atoms with van der Waals surface area (Å²) in [6, 6.07) is 5.72. The summed E-state index contributed by atoms with van der Waals surface area (Å²) < 4.78 is 17.3. The summed E-state index contributed by atoms with van der Waals surface area (Å²) >= 11 is 3.60. The summed E-state index contributed by atoms with van der Waals surface area (Å²) in [6.45, 7) is 3.67. The highest BCUT2D eigenvalue weighted by Crippen LogP contribution is 2.45. The quantitative estimate of drug-likeness (QED) is 0.734. The van der Waals surface area contributed by atoms with Gasteiger partial charge in [0.2, 0.25) is 0 Å². The van der Waals surface area contributed by atoms with Crippen LogP contribution in [0, 0.1) is 0 Å². The summed E-state index contributed by atoms with van der Waals surface area (Å²) in [7, 11) is 4.87. The highest BCUT2D eigenvalue weighted by atomic mass is 79.9. The number of hydrogen-bond acceptors (Lipinski definition) is 4. The van der Waals surface area contributed by atoms with Crippen molar-refractivity contribution >= 4 is 26.7 Å². The van der Waals surface area contributed by atoms with E-state index < -0.39 is 6.10 Å². The van der Waals surface area contributed by atoms with Crippen LogP contribution < -0.4 is 14.2 Å². The zero-order valence-corrected chi connectivity index (χ0v) is 15.1. The van der Waals surface area contributed by atoms with Gasteiger partial charge in [0.05, 0.1) is 31.9 Å². The largest absolute Gasteiger partial charge is 0.497 e. The molecular formula is C18H21BrO4. The van der Waals surface area contributed by atoms with Crippen LogP contribution in [0.25, 0.3) is 10.8 Å². The molecule has 0 aliphatic heterocycles. The van der Waals surface area contributed by atoms with Crippen LogP contribution in [-0.4, -0.2) is 32.5 Å². The van der Waals surface area contributed by atoms with Gasteiger partial charge in [0, 0.05) is 22.8 Å². The molecule has 0 aliphatic rings. The molecule has 2 aromatic rings. The minimum atomic E-state index is -0.530. The highest BCUT2D eigenvalue weighted by Gasteiger charge is 2.21. The lowest BCUT2D eigenvalue weighted by Crippen LogP contribution is -2.11. The van der Waals surface area contributed by atoms with Crippen molar-refractivity contribution in [3.8, 4) is 17.2 Å². The maximum Gasteiger partial charge on any atom is 0.141 e. The Morgan fingerprint density at radius 1 is 1.13 bits per heavy atom. The number of ether oxygens (including phenoxy) is 3. The molecule has 0 spiro atoms. The molecule has 0 aromatic heterocycles. The summed E-state index contributed by atoms with van der Waals surface area (Å²) in [5, 5.41) is 12.0. The maximum absolute atomic E-state index is 10.2. The van der Waals surface area contributed by atoms with Crippen LogP contribution in [0.5, 0.6) is 17.2 Å². The molecule has 124 valence electrons. The van der Waals surface area contributed by atoms with Crippen molar-refractivity contribution < 1.29 is 19.3 Å². The van der Waals surface area contributed by atoms with E-state index in [1.807, 2.05) is 18.2 Å². The predicted molar refractivity (Wildman–Crippen MR) is 95.8 cm³/mol. The Balaban J connectivity index is 2.71. The molecule has 0 amide bonds. The Hall–Kier alpha value is -1.72. The minimum Gasteiger partial charge on any atom is -0.497 e. The third-order valence-electron chi connectivity index (χ3n) is 3.74. The molecule has 2 aromatic carbocycles. The van der Waals surface area contributed by atoms with E-state index in [1.54, 1.807) is 27.4 Å². The number of fused-ring (bicyclic) bond motifs is 1. The molecular weight excluding hydrogens is 360 g/mol. The first-order valence-electron chi connectivity index (χ1n) is 7.26. The number of aliphatic hydroxyl groups is 1. The number of hydrogen-bond donors (Lipinski definition) is 1. The number of methoxy groups -OCH3 is 3. The van der Waals surface area contributed by atoms with E-state index in [0.717, 1.165) is 32.3 Å². The molecule has 0 heterocycles. The number of aliphatic hydroxyl groups excluding tert-OH is 1. The van der Waals surface area contributed by atoms with Gasteiger partial charge in [0.15, 0.2) is 0 Å². The Morgan fingerprint density at radius 3 is 2.39 bits per heavy atom. The second-order valence-corrected chi connectivity index (χ2v) is 5.95. The van der Waals surface area contributed by atoms with Gasteiger partial charge in [0.25, 0.3) is 0 Å². The number of halogens is 1. The molecule has 1 atom stereocenters. The van der Waals surface area contributed by atoms with Crippen molar-refractivity contribution in [1.82, 2.24) is 0 Å². The third-order valence-corrected chi connectivity index (χ3v) is 4.58. The molecule has 23 heavy (non-hydrogen) atoms. The predicted octanol–water partition coefficient (Wildman–Crippen LogP) is 4.11. The molecule has 0 bridgehead atoms. The third kappa shape index (κ3) is 3.46.